The van der Waals surface area contributed by atoms with E-state index in [1.807, 2.05) is 30.3 Å². The predicted octanol–water partition coefficient (Wildman–Crippen LogP) is 2.60. The average Bonchev–Trinajstić information content (AvgIpc) is 2.97. The van der Waals surface area contributed by atoms with E-state index in [-0.39, 0.29) is 18.3 Å². The van der Waals surface area contributed by atoms with Crippen LogP contribution in [0.25, 0.3) is 0 Å². The summed E-state index contributed by atoms with van der Waals surface area (Å²) in [6.07, 6.45) is -0.156. The molecule has 28 heavy (non-hydrogen) atoms. The van der Waals surface area contributed by atoms with Crippen molar-refractivity contribution in [2.24, 2.45) is 15.7 Å². The zero-order valence-corrected chi connectivity index (χ0v) is 16.0. The molecule has 2 aromatic carbocycles. The fourth-order valence-electron chi connectivity index (χ4n) is 2.40. The van der Waals surface area contributed by atoms with Gasteiger partial charge in [-0.3, -0.25) is 14.9 Å². The van der Waals surface area contributed by atoms with Gasteiger partial charge in [-0.05, 0) is 30.3 Å². The molecule has 5 N–H and O–H groups in total. The Kier molecular flexibility index (Phi) is 6.13. The zero-order chi connectivity index (χ0) is 20.1. The Balaban J connectivity index is 1.60. The van der Waals surface area contributed by atoms with Gasteiger partial charge >= 0.3 is 0 Å². The lowest BCUT2D eigenvalue weighted by Crippen LogP contribution is -2.32. The molecule has 1 atom stereocenters. The number of para-hydroxylation sites is 1. The van der Waals surface area contributed by atoms with Gasteiger partial charge < -0.3 is 16.4 Å². The molecule has 0 aliphatic carbocycles. The van der Waals surface area contributed by atoms with Crippen molar-refractivity contribution in [3.63, 3.8) is 0 Å². The molecular formula is C18H16Cl2N6O2. The number of aliphatic imine (C=N–C) groups is 2. The number of nitrogens with one attached hydrogen (secondary N) is 3. The quantitative estimate of drug-likeness (QED) is 0.450. The number of nitrogens with two attached hydrogens (primary N) is 1. The van der Waals surface area contributed by atoms with Crippen LogP contribution in [0.4, 0.5) is 11.4 Å². The Morgan fingerprint density at radius 2 is 1.86 bits per heavy atom. The Labute approximate surface area is 170 Å². The number of rotatable bonds is 4. The van der Waals surface area contributed by atoms with E-state index in [4.69, 9.17) is 28.9 Å². The number of guanidine groups is 2. The van der Waals surface area contributed by atoms with Crippen LogP contribution >= 0.6 is 23.2 Å². The van der Waals surface area contributed by atoms with E-state index in [0.29, 0.717) is 15.7 Å². The van der Waals surface area contributed by atoms with Crippen LogP contribution in [0.1, 0.15) is 6.42 Å². The lowest BCUT2D eigenvalue weighted by Gasteiger charge is -2.07. The fourth-order valence-corrected chi connectivity index (χ4v) is 2.70. The Morgan fingerprint density at radius 3 is 2.57 bits per heavy atom. The zero-order valence-electron chi connectivity index (χ0n) is 14.4. The maximum absolute atomic E-state index is 12.2. The van der Waals surface area contributed by atoms with E-state index in [1.165, 1.54) is 6.07 Å². The van der Waals surface area contributed by atoms with E-state index in [9.17, 15) is 9.59 Å². The monoisotopic (exact) mass is 418 g/mol. The van der Waals surface area contributed by atoms with Crippen molar-refractivity contribution in [2.75, 3.05) is 10.6 Å². The molecule has 1 heterocycles. The van der Waals surface area contributed by atoms with Gasteiger partial charge in [-0.15, -0.1) is 0 Å². The standard InChI is InChI=1S/C18H16Cl2N6O2/c19-12-7-6-11(8-13(12)20)22-15(27)9-14-16(28)25-18(24-14)26-17(21)23-10-4-2-1-3-5-10/h1-8,14H,9H2,(H,22,27)(H4,21,23,24,25,26,28)/t14-/m0/s1. The van der Waals surface area contributed by atoms with Crippen molar-refractivity contribution in [3.05, 3.63) is 58.6 Å². The third-order valence-corrected chi connectivity index (χ3v) is 4.41. The summed E-state index contributed by atoms with van der Waals surface area (Å²) in [5.41, 5.74) is 7.02. The second-order valence-electron chi connectivity index (χ2n) is 5.83. The van der Waals surface area contributed by atoms with Gasteiger partial charge in [0, 0.05) is 11.4 Å². The van der Waals surface area contributed by atoms with Crippen LogP contribution in [0.15, 0.2) is 58.5 Å². The molecule has 0 fully saturated rings. The number of anilines is 2. The summed E-state index contributed by atoms with van der Waals surface area (Å²) in [6, 6.07) is 13.0. The van der Waals surface area contributed by atoms with Gasteiger partial charge in [0.2, 0.25) is 17.8 Å². The maximum Gasteiger partial charge on any atom is 0.252 e. The van der Waals surface area contributed by atoms with E-state index in [2.05, 4.69) is 25.9 Å². The highest BCUT2D eigenvalue weighted by atomic mass is 35.5. The first-order valence-corrected chi connectivity index (χ1v) is 8.96. The number of hydrogen-bond acceptors (Lipinski definition) is 4. The summed E-state index contributed by atoms with van der Waals surface area (Å²) < 4.78 is 0. The number of halogens is 2. The highest BCUT2D eigenvalue weighted by Gasteiger charge is 2.28. The first-order chi connectivity index (χ1) is 13.4. The van der Waals surface area contributed by atoms with Crippen LogP contribution in [0.5, 0.6) is 0 Å². The molecule has 0 radical (unpaired) electrons. The maximum atomic E-state index is 12.2. The number of carbonyl (C=O) groups excluding carboxylic acids is 2. The van der Waals surface area contributed by atoms with Crippen molar-refractivity contribution in [2.45, 2.75) is 12.5 Å². The van der Waals surface area contributed by atoms with Crippen LogP contribution in [-0.2, 0) is 9.59 Å². The number of amides is 2. The molecule has 8 nitrogen and oxygen atoms in total. The van der Waals surface area contributed by atoms with Gasteiger partial charge in [0.05, 0.1) is 16.5 Å². The minimum Gasteiger partial charge on any atom is -0.369 e. The molecule has 0 bridgehead atoms. The van der Waals surface area contributed by atoms with Gasteiger partial charge in [-0.25, -0.2) is 4.99 Å². The minimum atomic E-state index is -0.897. The summed E-state index contributed by atoms with van der Waals surface area (Å²) >= 11 is 11.8. The lowest BCUT2D eigenvalue weighted by molar-refractivity contribution is -0.123. The lowest BCUT2D eigenvalue weighted by atomic mass is 10.2. The molecule has 1 aliphatic heterocycles. The second kappa shape index (κ2) is 8.73. The van der Waals surface area contributed by atoms with Gasteiger partial charge in [0.25, 0.3) is 5.91 Å². The average molecular weight is 419 g/mol. The van der Waals surface area contributed by atoms with E-state index >= 15 is 0 Å². The molecule has 0 aromatic heterocycles. The number of carbonyl (C=O) groups is 2. The summed E-state index contributed by atoms with van der Waals surface area (Å²) in [5, 5.41) is 8.70. The summed E-state index contributed by atoms with van der Waals surface area (Å²) in [6.45, 7) is 0. The third-order valence-electron chi connectivity index (χ3n) is 3.67. The number of nitrogens with zero attached hydrogens (tertiary/aromatic N) is 2. The van der Waals surface area contributed by atoms with Gasteiger partial charge in [-0.2, -0.15) is 4.99 Å². The van der Waals surface area contributed by atoms with Crippen molar-refractivity contribution in [3.8, 4) is 0 Å². The SMILES string of the molecule is NC(=NC1=N[C@@H](CC(=O)Nc2ccc(Cl)c(Cl)c2)C(=O)N1)Nc1ccccc1. The van der Waals surface area contributed by atoms with Crippen molar-refractivity contribution in [1.29, 1.82) is 0 Å². The number of hydrogen-bond donors (Lipinski definition) is 4. The summed E-state index contributed by atoms with van der Waals surface area (Å²) in [4.78, 5) is 32.3. The smallest absolute Gasteiger partial charge is 0.252 e. The van der Waals surface area contributed by atoms with Crippen molar-refractivity contribution in [1.82, 2.24) is 5.32 Å². The van der Waals surface area contributed by atoms with Crippen LogP contribution in [0.2, 0.25) is 10.0 Å². The van der Waals surface area contributed by atoms with E-state index < -0.39 is 17.9 Å². The first-order valence-electron chi connectivity index (χ1n) is 8.20. The molecule has 3 rings (SSSR count). The van der Waals surface area contributed by atoms with Crippen LogP contribution in [-0.4, -0.2) is 29.8 Å². The van der Waals surface area contributed by atoms with Gasteiger partial charge in [-0.1, -0.05) is 41.4 Å². The largest absolute Gasteiger partial charge is 0.369 e. The highest BCUT2D eigenvalue weighted by Crippen LogP contribution is 2.25. The highest BCUT2D eigenvalue weighted by molar-refractivity contribution is 6.42. The Bertz CT molecular complexity index is 962. The minimum absolute atomic E-state index is 0.0401. The fraction of sp³-hybridized carbons (Fsp3) is 0.111. The predicted molar refractivity (Wildman–Crippen MR) is 111 cm³/mol. The van der Waals surface area contributed by atoms with Crippen LogP contribution in [0, 0.1) is 0 Å². The van der Waals surface area contributed by atoms with Crippen molar-refractivity contribution < 1.29 is 9.59 Å². The first kappa shape index (κ1) is 19.7. The van der Waals surface area contributed by atoms with Crippen molar-refractivity contribution >= 4 is 58.3 Å². The molecule has 0 spiro atoms. The van der Waals surface area contributed by atoms with E-state index in [1.54, 1.807) is 12.1 Å². The molecule has 144 valence electrons. The van der Waals surface area contributed by atoms with Gasteiger partial charge in [0.1, 0.15) is 6.04 Å². The molecule has 0 saturated carbocycles. The molecule has 2 amide bonds. The Hall–Kier alpha value is -3.10. The van der Waals surface area contributed by atoms with Crippen LogP contribution in [0.3, 0.4) is 0 Å². The normalized spacial score (nSPS) is 16.4. The molecule has 1 aliphatic rings. The Morgan fingerprint density at radius 1 is 1.11 bits per heavy atom. The molecule has 10 heteroatoms. The topological polar surface area (TPSA) is 121 Å². The number of benzene rings is 2. The molecule has 2 aromatic rings. The molecule has 0 unspecified atom stereocenters. The summed E-state index contributed by atoms with van der Waals surface area (Å²) in [7, 11) is 0. The third kappa shape index (κ3) is 5.21. The molecule has 0 saturated heterocycles. The van der Waals surface area contributed by atoms with Crippen LogP contribution < -0.4 is 21.7 Å². The molecular weight excluding hydrogens is 403 g/mol. The van der Waals surface area contributed by atoms with Gasteiger partial charge in [0.15, 0.2) is 0 Å². The summed E-state index contributed by atoms with van der Waals surface area (Å²) in [5.74, 6) is -0.733. The second-order valence-corrected chi connectivity index (χ2v) is 6.64. The van der Waals surface area contributed by atoms with E-state index in [0.717, 1.165) is 5.69 Å².